The lowest BCUT2D eigenvalue weighted by Gasteiger charge is -1.99. The molecule has 0 radical (unpaired) electrons. The number of ether oxygens (including phenoxy) is 1. The van der Waals surface area contributed by atoms with Gasteiger partial charge in [-0.25, -0.2) is 9.97 Å². The molecule has 0 unspecified atom stereocenters. The predicted octanol–water partition coefficient (Wildman–Crippen LogP) is 1.32. The Hall–Kier alpha value is -0.960. The van der Waals surface area contributed by atoms with E-state index in [1.54, 1.807) is 6.20 Å². The van der Waals surface area contributed by atoms with Gasteiger partial charge in [0, 0.05) is 12.8 Å². The van der Waals surface area contributed by atoms with Crippen LogP contribution in [-0.2, 0) is 11.3 Å². The standard InChI is InChI=1S/C8H12N2O/c1-3-11-6-8-4-5-9-7(2)10-8/h4-5H,3,6H2,1-2H3. The predicted molar refractivity (Wildman–Crippen MR) is 42.1 cm³/mol. The maximum atomic E-state index is 5.18. The summed E-state index contributed by atoms with van der Waals surface area (Å²) in [6.45, 7) is 5.15. The molecule has 0 amide bonds. The van der Waals surface area contributed by atoms with Crippen LogP contribution in [-0.4, -0.2) is 16.6 Å². The van der Waals surface area contributed by atoms with Crippen LogP contribution in [0.2, 0.25) is 0 Å². The van der Waals surface area contributed by atoms with Crippen molar-refractivity contribution in [2.75, 3.05) is 6.61 Å². The van der Waals surface area contributed by atoms with Gasteiger partial charge in [0.2, 0.25) is 0 Å². The summed E-state index contributed by atoms with van der Waals surface area (Å²) in [6, 6.07) is 1.86. The minimum atomic E-state index is 0.583. The van der Waals surface area contributed by atoms with Crippen LogP contribution in [0.25, 0.3) is 0 Å². The first-order valence-corrected chi connectivity index (χ1v) is 3.69. The summed E-state index contributed by atoms with van der Waals surface area (Å²) in [6.07, 6.45) is 1.75. The molecule has 60 valence electrons. The molecule has 0 saturated heterocycles. The van der Waals surface area contributed by atoms with E-state index < -0.39 is 0 Å². The Morgan fingerprint density at radius 1 is 1.55 bits per heavy atom. The zero-order valence-electron chi connectivity index (χ0n) is 6.87. The lowest BCUT2D eigenvalue weighted by Crippen LogP contribution is -1.97. The second-order valence-electron chi connectivity index (χ2n) is 2.23. The summed E-state index contributed by atoms with van der Waals surface area (Å²) >= 11 is 0. The third-order valence-electron chi connectivity index (χ3n) is 1.29. The van der Waals surface area contributed by atoms with Gasteiger partial charge in [0.1, 0.15) is 5.82 Å². The van der Waals surface area contributed by atoms with Crippen molar-refractivity contribution < 1.29 is 4.74 Å². The zero-order chi connectivity index (χ0) is 8.10. The summed E-state index contributed by atoms with van der Waals surface area (Å²) < 4.78 is 5.18. The SMILES string of the molecule is CCOCc1ccnc(C)n1. The van der Waals surface area contributed by atoms with E-state index in [-0.39, 0.29) is 0 Å². The molecule has 0 aliphatic heterocycles. The largest absolute Gasteiger partial charge is 0.375 e. The highest BCUT2D eigenvalue weighted by Gasteiger charge is 1.93. The van der Waals surface area contributed by atoms with Gasteiger partial charge < -0.3 is 4.74 Å². The number of aromatic nitrogens is 2. The van der Waals surface area contributed by atoms with Crippen LogP contribution in [0.1, 0.15) is 18.4 Å². The highest BCUT2D eigenvalue weighted by molar-refractivity contribution is 4.99. The maximum absolute atomic E-state index is 5.18. The van der Waals surface area contributed by atoms with Crippen LogP contribution < -0.4 is 0 Å². The number of rotatable bonds is 3. The summed E-state index contributed by atoms with van der Waals surface area (Å²) in [5, 5.41) is 0. The normalized spacial score (nSPS) is 10.0. The van der Waals surface area contributed by atoms with Gasteiger partial charge in [-0.15, -0.1) is 0 Å². The van der Waals surface area contributed by atoms with Gasteiger partial charge >= 0.3 is 0 Å². The summed E-state index contributed by atoms with van der Waals surface area (Å²) in [7, 11) is 0. The molecule has 0 spiro atoms. The van der Waals surface area contributed by atoms with Crippen molar-refractivity contribution in [2.45, 2.75) is 20.5 Å². The topological polar surface area (TPSA) is 35.0 Å². The molecule has 0 aliphatic carbocycles. The van der Waals surface area contributed by atoms with Crippen LogP contribution in [0.15, 0.2) is 12.3 Å². The Labute approximate surface area is 66.4 Å². The molecule has 0 atom stereocenters. The van der Waals surface area contributed by atoms with E-state index in [4.69, 9.17) is 4.74 Å². The quantitative estimate of drug-likeness (QED) is 0.655. The first-order chi connectivity index (χ1) is 5.33. The van der Waals surface area contributed by atoms with Gasteiger partial charge in [-0.1, -0.05) is 0 Å². The number of hydrogen-bond donors (Lipinski definition) is 0. The highest BCUT2D eigenvalue weighted by Crippen LogP contribution is 1.96. The zero-order valence-corrected chi connectivity index (χ0v) is 6.87. The smallest absolute Gasteiger partial charge is 0.125 e. The minimum absolute atomic E-state index is 0.583. The van der Waals surface area contributed by atoms with E-state index in [2.05, 4.69) is 9.97 Å². The minimum Gasteiger partial charge on any atom is -0.375 e. The molecule has 1 rings (SSSR count). The fourth-order valence-corrected chi connectivity index (χ4v) is 0.792. The van der Waals surface area contributed by atoms with Gasteiger partial charge in [-0.05, 0) is 19.9 Å². The number of nitrogens with zero attached hydrogens (tertiary/aromatic N) is 2. The van der Waals surface area contributed by atoms with Crippen LogP contribution in [0.5, 0.6) is 0 Å². The Morgan fingerprint density at radius 2 is 2.36 bits per heavy atom. The molecule has 0 aromatic carbocycles. The average molecular weight is 152 g/mol. The molecule has 0 aliphatic rings. The summed E-state index contributed by atoms with van der Waals surface area (Å²) in [4.78, 5) is 8.16. The number of hydrogen-bond acceptors (Lipinski definition) is 3. The van der Waals surface area contributed by atoms with Gasteiger partial charge in [-0.3, -0.25) is 0 Å². The van der Waals surface area contributed by atoms with E-state index in [0.29, 0.717) is 6.61 Å². The van der Waals surface area contributed by atoms with Crippen molar-refractivity contribution in [3.63, 3.8) is 0 Å². The van der Waals surface area contributed by atoms with E-state index in [9.17, 15) is 0 Å². The molecular formula is C8H12N2O. The second-order valence-corrected chi connectivity index (χ2v) is 2.23. The molecule has 0 saturated carbocycles. The van der Waals surface area contributed by atoms with Gasteiger partial charge in [0.25, 0.3) is 0 Å². The van der Waals surface area contributed by atoms with E-state index in [1.165, 1.54) is 0 Å². The Bertz CT molecular complexity index is 225. The Morgan fingerprint density at radius 3 is 3.00 bits per heavy atom. The molecule has 0 N–H and O–H groups in total. The maximum Gasteiger partial charge on any atom is 0.125 e. The molecule has 0 bridgehead atoms. The average Bonchev–Trinajstić information content (AvgIpc) is 2.01. The van der Waals surface area contributed by atoms with Gasteiger partial charge in [0.15, 0.2) is 0 Å². The molecule has 1 aromatic heterocycles. The van der Waals surface area contributed by atoms with Crippen LogP contribution >= 0.6 is 0 Å². The fourth-order valence-electron chi connectivity index (χ4n) is 0.792. The van der Waals surface area contributed by atoms with Crippen LogP contribution in [0.3, 0.4) is 0 Å². The van der Waals surface area contributed by atoms with Gasteiger partial charge in [-0.2, -0.15) is 0 Å². The first kappa shape index (κ1) is 8.14. The van der Waals surface area contributed by atoms with Crippen molar-refractivity contribution in [3.8, 4) is 0 Å². The molecule has 3 nitrogen and oxygen atoms in total. The monoisotopic (exact) mass is 152 g/mol. The molecule has 0 fully saturated rings. The fraction of sp³-hybridized carbons (Fsp3) is 0.500. The van der Waals surface area contributed by atoms with Crippen molar-refractivity contribution in [1.82, 2.24) is 9.97 Å². The molecule has 3 heteroatoms. The third-order valence-corrected chi connectivity index (χ3v) is 1.29. The first-order valence-electron chi connectivity index (χ1n) is 3.69. The lowest BCUT2D eigenvalue weighted by atomic mass is 10.4. The Kier molecular flexibility index (Phi) is 2.98. The molecular weight excluding hydrogens is 140 g/mol. The summed E-state index contributed by atoms with van der Waals surface area (Å²) in [5.41, 5.74) is 0.944. The molecule has 11 heavy (non-hydrogen) atoms. The van der Waals surface area contributed by atoms with Crippen molar-refractivity contribution >= 4 is 0 Å². The molecule has 1 aromatic rings. The van der Waals surface area contributed by atoms with Crippen LogP contribution in [0, 0.1) is 6.92 Å². The van der Waals surface area contributed by atoms with E-state index >= 15 is 0 Å². The second kappa shape index (κ2) is 4.03. The number of aryl methyl sites for hydroxylation is 1. The molecule has 1 heterocycles. The third kappa shape index (κ3) is 2.63. The van der Waals surface area contributed by atoms with E-state index in [1.807, 2.05) is 19.9 Å². The Balaban J connectivity index is 2.56. The van der Waals surface area contributed by atoms with Gasteiger partial charge in [0.05, 0.1) is 12.3 Å². The summed E-state index contributed by atoms with van der Waals surface area (Å²) in [5.74, 6) is 0.794. The van der Waals surface area contributed by atoms with Crippen molar-refractivity contribution in [2.24, 2.45) is 0 Å². The van der Waals surface area contributed by atoms with Crippen LogP contribution in [0.4, 0.5) is 0 Å². The van der Waals surface area contributed by atoms with Crippen molar-refractivity contribution in [1.29, 1.82) is 0 Å². The van der Waals surface area contributed by atoms with Crippen molar-refractivity contribution in [3.05, 3.63) is 23.8 Å². The highest BCUT2D eigenvalue weighted by atomic mass is 16.5. The van der Waals surface area contributed by atoms with E-state index in [0.717, 1.165) is 18.1 Å². The lowest BCUT2D eigenvalue weighted by molar-refractivity contribution is 0.131.